The third-order valence-corrected chi connectivity index (χ3v) is 3.42. The predicted octanol–water partition coefficient (Wildman–Crippen LogP) is 2.50. The average molecular weight is 323 g/mol. The Bertz CT molecular complexity index is 470. The van der Waals surface area contributed by atoms with Crippen LogP contribution in [0.25, 0.3) is 0 Å². The zero-order chi connectivity index (χ0) is 17.5. The second-order valence-electron chi connectivity index (χ2n) is 7.03. The maximum atomic E-state index is 12.0. The predicted molar refractivity (Wildman–Crippen MR) is 90.2 cm³/mol. The molecule has 0 saturated carbocycles. The van der Waals surface area contributed by atoms with Crippen LogP contribution in [0.3, 0.4) is 0 Å². The van der Waals surface area contributed by atoms with E-state index in [2.05, 4.69) is 5.32 Å². The number of carbonyl (C=O) groups excluding carboxylic acids is 1. The molecule has 1 aromatic carbocycles. The molecule has 1 rings (SSSR count). The third-order valence-electron chi connectivity index (χ3n) is 3.42. The number of ether oxygens (including phenoxy) is 1. The van der Waals surface area contributed by atoms with Crippen molar-refractivity contribution in [1.82, 2.24) is 5.32 Å². The van der Waals surface area contributed by atoms with Crippen molar-refractivity contribution in [1.29, 1.82) is 0 Å². The Labute approximate surface area is 138 Å². The van der Waals surface area contributed by atoms with Crippen LogP contribution in [0, 0.1) is 5.92 Å². The van der Waals surface area contributed by atoms with Gasteiger partial charge in [0.2, 0.25) is 0 Å². The standard InChI is InChI=1S/C18H29NO4/c1-13(12-20)10-16(21)15(11-14-8-6-5-7-9-14)19-17(22)23-18(2,3)4/h5-9,13,15-16,20-21H,10-12H2,1-4H3,(H,19,22)/t13-,15+,16-/m1/s1. The lowest BCUT2D eigenvalue weighted by Gasteiger charge is -2.28. The molecule has 0 fully saturated rings. The number of nitrogens with one attached hydrogen (secondary N) is 1. The molecule has 0 aliphatic carbocycles. The van der Waals surface area contributed by atoms with Gasteiger partial charge in [0.05, 0.1) is 12.1 Å². The molecule has 0 heterocycles. The number of carbonyl (C=O) groups is 1. The first-order valence-electron chi connectivity index (χ1n) is 8.03. The number of alkyl carbamates (subject to hydrolysis) is 1. The van der Waals surface area contributed by atoms with Crippen LogP contribution < -0.4 is 5.32 Å². The molecule has 5 nitrogen and oxygen atoms in total. The van der Waals surface area contributed by atoms with E-state index < -0.39 is 23.8 Å². The van der Waals surface area contributed by atoms with Gasteiger partial charge < -0.3 is 20.3 Å². The first-order chi connectivity index (χ1) is 10.7. The summed E-state index contributed by atoms with van der Waals surface area (Å²) < 4.78 is 5.28. The minimum absolute atomic E-state index is 0.00154. The van der Waals surface area contributed by atoms with Gasteiger partial charge in [0.1, 0.15) is 5.60 Å². The summed E-state index contributed by atoms with van der Waals surface area (Å²) in [5.74, 6) is -0.0382. The molecular weight excluding hydrogens is 294 g/mol. The lowest BCUT2D eigenvalue weighted by molar-refractivity contribution is 0.0380. The fraction of sp³-hybridized carbons (Fsp3) is 0.611. The van der Waals surface area contributed by atoms with E-state index >= 15 is 0 Å². The van der Waals surface area contributed by atoms with Crippen molar-refractivity contribution in [2.45, 2.75) is 58.3 Å². The summed E-state index contributed by atoms with van der Waals surface area (Å²) in [6, 6.07) is 9.19. The van der Waals surface area contributed by atoms with Crippen LogP contribution >= 0.6 is 0 Å². The minimum Gasteiger partial charge on any atom is -0.444 e. The molecule has 0 radical (unpaired) electrons. The number of amides is 1. The lowest BCUT2D eigenvalue weighted by atomic mass is 9.94. The molecule has 1 amide bonds. The van der Waals surface area contributed by atoms with E-state index in [0.29, 0.717) is 12.8 Å². The van der Waals surface area contributed by atoms with E-state index in [4.69, 9.17) is 9.84 Å². The zero-order valence-corrected chi connectivity index (χ0v) is 14.5. The van der Waals surface area contributed by atoms with Crippen LogP contribution in [0.1, 0.15) is 39.7 Å². The van der Waals surface area contributed by atoms with Gasteiger partial charge >= 0.3 is 6.09 Å². The van der Waals surface area contributed by atoms with Crippen LogP contribution in [0.5, 0.6) is 0 Å². The first kappa shape index (κ1) is 19.5. The van der Waals surface area contributed by atoms with Crippen LogP contribution in [0.15, 0.2) is 30.3 Å². The Morgan fingerprint density at radius 3 is 2.39 bits per heavy atom. The number of aliphatic hydroxyl groups is 2. The summed E-state index contributed by atoms with van der Waals surface area (Å²) >= 11 is 0. The van der Waals surface area contributed by atoms with Gasteiger partial charge in [0.25, 0.3) is 0 Å². The van der Waals surface area contributed by atoms with Crippen LogP contribution in [-0.4, -0.2) is 40.7 Å². The van der Waals surface area contributed by atoms with Crippen molar-refractivity contribution in [3.05, 3.63) is 35.9 Å². The average Bonchev–Trinajstić information content (AvgIpc) is 2.45. The van der Waals surface area contributed by atoms with Gasteiger partial charge in [-0.3, -0.25) is 0 Å². The molecule has 3 atom stereocenters. The Hall–Kier alpha value is -1.59. The second kappa shape index (κ2) is 8.89. The summed E-state index contributed by atoms with van der Waals surface area (Å²) in [7, 11) is 0. The van der Waals surface area contributed by atoms with Gasteiger partial charge in [-0.25, -0.2) is 4.79 Å². The molecule has 130 valence electrons. The Morgan fingerprint density at radius 1 is 1.26 bits per heavy atom. The van der Waals surface area contributed by atoms with E-state index in [-0.39, 0.29) is 12.5 Å². The van der Waals surface area contributed by atoms with Crippen molar-refractivity contribution in [3.63, 3.8) is 0 Å². The van der Waals surface area contributed by atoms with E-state index in [0.717, 1.165) is 5.56 Å². The molecule has 0 unspecified atom stereocenters. The molecule has 5 heteroatoms. The van der Waals surface area contributed by atoms with E-state index in [1.165, 1.54) is 0 Å². The Morgan fingerprint density at radius 2 is 1.87 bits per heavy atom. The van der Waals surface area contributed by atoms with Crippen molar-refractivity contribution in [2.75, 3.05) is 6.61 Å². The monoisotopic (exact) mass is 323 g/mol. The van der Waals surface area contributed by atoms with E-state index in [1.807, 2.05) is 37.3 Å². The van der Waals surface area contributed by atoms with Crippen molar-refractivity contribution < 1.29 is 19.7 Å². The number of aliphatic hydroxyl groups excluding tert-OH is 2. The molecule has 0 aromatic heterocycles. The van der Waals surface area contributed by atoms with Crippen molar-refractivity contribution in [2.24, 2.45) is 5.92 Å². The highest BCUT2D eigenvalue weighted by molar-refractivity contribution is 5.68. The van der Waals surface area contributed by atoms with Crippen LogP contribution in [-0.2, 0) is 11.2 Å². The molecule has 0 bridgehead atoms. The van der Waals surface area contributed by atoms with Crippen LogP contribution in [0.2, 0.25) is 0 Å². The quantitative estimate of drug-likeness (QED) is 0.720. The van der Waals surface area contributed by atoms with Crippen molar-refractivity contribution >= 4 is 6.09 Å². The summed E-state index contributed by atoms with van der Waals surface area (Å²) in [4.78, 5) is 12.0. The highest BCUT2D eigenvalue weighted by Gasteiger charge is 2.26. The Balaban J connectivity index is 2.77. The first-order valence-corrected chi connectivity index (χ1v) is 8.03. The highest BCUT2D eigenvalue weighted by atomic mass is 16.6. The molecule has 0 aliphatic heterocycles. The number of benzene rings is 1. The van der Waals surface area contributed by atoms with Gasteiger partial charge in [-0.15, -0.1) is 0 Å². The fourth-order valence-corrected chi connectivity index (χ4v) is 2.26. The normalized spacial score (nSPS) is 15.6. The van der Waals surface area contributed by atoms with Gasteiger partial charge in [-0.2, -0.15) is 0 Å². The maximum Gasteiger partial charge on any atom is 0.407 e. The molecular formula is C18H29NO4. The maximum absolute atomic E-state index is 12.0. The SMILES string of the molecule is C[C@@H](CO)C[C@@H](O)[C@H](Cc1ccccc1)NC(=O)OC(C)(C)C. The number of rotatable bonds is 7. The third kappa shape index (κ3) is 8.00. The largest absolute Gasteiger partial charge is 0.444 e. The Kier molecular flexibility index (Phi) is 7.52. The molecule has 0 aliphatic rings. The molecule has 23 heavy (non-hydrogen) atoms. The van der Waals surface area contributed by atoms with Gasteiger partial charge in [-0.05, 0) is 45.1 Å². The summed E-state index contributed by atoms with van der Waals surface area (Å²) in [6.07, 6.45) is -0.401. The molecule has 3 N–H and O–H groups in total. The summed E-state index contributed by atoms with van der Waals surface area (Å²) in [5.41, 5.74) is 0.425. The van der Waals surface area contributed by atoms with Gasteiger partial charge in [0.15, 0.2) is 0 Å². The number of hydrogen-bond donors (Lipinski definition) is 3. The zero-order valence-electron chi connectivity index (χ0n) is 14.5. The summed E-state index contributed by atoms with van der Waals surface area (Å²) in [5, 5.41) is 22.4. The molecule has 0 spiro atoms. The molecule has 0 saturated heterocycles. The molecule has 1 aromatic rings. The van der Waals surface area contributed by atoms with Crippen molar-refractivity contribution in [3.8, 4) is 0 Å². The van der Waals surface area contributed by atoms with Gasteiger partial charge in [0, 0.05) is 6.61 Å². The fourth-order valence-electron chi connectivity index (χ4n) is 2.26. The highest BCUT2D eigenvalue weighted by Crippen LogP contribution is 2.14. The topological polar surface area (TPSA) is 78.8 Å². The minimum atomic E-state index is -0.759. The van der Waals surface area contributed by atoms with E-state index in [9.17, 15) is 9.90 Å². The van der Waals surface area contributed by atoms with E-state index in [1.54, 1.807) is 20.8 Å². The number of hydrogen-bond acceptors (Lipinski definition) is 4. The van der Waals surface area contributed by atoms with Gasteiger partial charge in [-0.1, -0.05) is 37.3 Å². The summed E-state index contributed by atoms with van der Waals surface area (Å²) in [6.45, 7) is 7.24. The smallest absolute Gasteiger partial charge is 0.407 e. The second-order valence-corrected chi connectivity index (χ2v) is 7.03. The van der Waals surface area contributed by atoms with Crippen LogP contribution in [0.4, 0.5) is 4.79 Å². The lowest BCUT2D eigenvalue weighted by Crippen LogP contribution is -2.47.